The molecule has 0 amide bonds. The van der Waals surface area contributed by atoms with Crippen LogP contribution in [0.1, 0.15) is 32.1 Å². The Morgan fingerprint density at radius 3 is 2.67 bits per heavy atom. The van der Waals surface area contributed by atoms with Gasteiger partial charge >= 0.3 is 0 Å². The van der Waals surface area contributed by atoms with E-state index in [9.17, 15) is 5.11 Å². The summed E-state index contributed by atoms with van der Waals surface area (Å²) in [6.45, 7) is 0. The first-order valence-corrected chi connectivity index (χ1v) is 6.92. The number of hydrogen-bond donors (Lipinski definition) is 2. The van der Waals surface area contributed by atoms with Crippen LogP contribution < -0.4 is 5.73 Å². The van der Waals surface area contributed by atoms with Crippen molar-refractivity contribution in [2.24, 2.45) is 0 Å². The maximum absolute atomic E-state index is 10.2. The third-order valence-corrected chi connectivity index (χ3v) is 4.83. The van der Waals surface area contributed by atoms with Crippen LogP contribution in [0.3, 0.4) is 0 Å². The molecular weight excluding hydrogens is 230 g/mol. The van der Waals surface area contributed by atoms with Gasteiger partial charge < -0.3 is 10.8 Å². The first kappa shape index (κ1) is 11.2. The number of hydrogen-bond acceptors (Lipinski definition) is 6. The average molecular weight is 245 g/mol. The van der Waals surface area contributed by atoms with Crippen LogP contribution in [0.5, 0.6) is 0 Å². The zero-order valence-corrected chi connectivity index (χ0v) is 10.1. The predicted molar refractivity (Wildman–Crippen MR) is 63.1 cm³/mol. The first-order chi connectivity index (χ1) is 7.18. The van der Waals surface area contributed by atoms with Crippen molar-refractivity contribution in [3.63, 3.8) is 0 Å². The van der Waals surface area contributed by atoms with Crippen LogP contribution in [-0.2, 0) is 0 Å². The van der Waals surface area contributed by atoms with Gasteiger partial charge in [-0.1, -0.05) is 42.4 Å². The Morgan fingerprint density at radius 1 is 1.33 bits per heavy atom. The van der Waals surface area contributed by atoms with Crippen molar-refractivity contribution in [2.45, 2.75) is 42.0 Å². The zero-order chi connectivity index (χ0) is 10.7. The lowest BCUT2D eigenvalue weighted by atomic mass is 9.86. The Labute approximate surface area is 97.3 Å². The van der Waals surface area contributed by atoms with Gasteiger partial charge in [0.1, 0.15) is 0 Å². The van der Waals surface area contributed by atoms with E-state index in [0.29, 0.717) is 10.9 Å². The predicted octanol–water partition coefficient (Wildman–Crippen LogP) is 1.91. The molecule has 2 rings (SSSR count). The molecule has 15 heavy (non-hydrogen) atoms. The van der Waals surface area contributed by atoms with Crippen LogP contribution in [0.4, 0.5) is 5.13 Å². The third-order valence-electron chi connectivity index (χ3n) is 2.67. The Bertz CT molecular complexity index is 323. The fourth-order valence-electron chi connectivity index (χ4n) is 1.83. The molecule has 1 heterocycles. The summed E-state index contributed by atoms with van der Waals surface area (Å²) in [5.74, 6) is 0.710. The average Bonchev–Trinajstić information content (AvgIpc) is 2.63. The lowest BCUT2D eigenvalue weighted by molar-refractivity contribution is 0.0273. The summed E-state index contributed by atoms with van der Waals surface area (Å²) in [6, 6.07) is 0. The molecule has 1 aromatic rings. The van der Waals surface area contributed by atoms with Gasteiger partial charge in [0.2, 0.25) is 5.13 Å². The Balaban J connectivity index is 1.86. The Morgan fingerprint density at radius 2 is 2.07 bits per heavy atom. The third kappa shape index (κ3) is 3.06. The van der Waals surface area contributed by atoms with Gasteiger partial charge in [-0.2, -0.15) is 0 Å². The van der Waals surface area contributed by atoms with Crippen molar-refractivity contribution in [2.75, 3.05) is 11.5 Å². The lowest BCUT2D eigenvalue weighted by Crippen LogP contribution is -2.33. The quantitative estimate of drug-likeness (QED) is 0.796. The maximum atomic E-state index is 10.2. The number of thioether (sulfide) groups is 1. The number of nitrogen functional groups attached to an aromatic ring is 1. The van der Waals surface area contributed by atoms with Crippen LogP contribution in [-0.4, -0.2) is 26.7 Å². The van der Waals surface area contributed by atoms with Crippen LogP contribution in [0.25, 0.3) is 0 Å². The molecule has 4 nitrogen and oxygen atoms in total. The highest BCUT2D eigenvalue weighted by Gasteiger charge is 2.29. The van der Waals surface area contributed by atoms with Gasteiger partial charge in [0.25, 0.3) is 0 Å². The molecule has 1 aliphatic rings. The minimum atomic E-state index is -0.497. The number of nitrogens with two attached hydrogens (primary N) is 1. The number of nitrogens with zero attached hydrogens (tertiary/aromatic N) is 2. The molecule has 6 heteroatoms. The van der Waals surface area contributed by atoms with Crippen LogP contribution in [0, 0.1) is 0 Å². The molecule has 1 saturated carbocycles. The van der Waals surface area contributed by atoms with Crippen molar-refractivity contribution < 1.29 is 5.11 Å². The number of aromatic nitrogens is 2. The molecule has 0 saturated heterocycles. The van der Waals surface area contributed by atoms with Crippen molar-refractivity contribution >= 4 is 28.2 Å². The molecule has 0 unspecified atom stereocenters. The van der Waals surface area contributed by atoms with E-state index in [1.807, 2.05) is 0 Å². The molecule has 3 N–H and O–H groups in total. The number of aliphatic hydroxyl groups is 1. The van der Waals surface area contributed by atoms with Gasteiger partial charge in [0.15, 0.2) is 4.34 Å². The summed E-state index contributed by atoms with van der Waals surface area (Å²) < 4.78 is 0.853. The van der Waals surface area contributed by atoms with Gasteiger partial charge in [-0.05, 0) is 12.8 Å². The second-order valence-electron chi connectivity index (χ2n) is 3.98. The second-order valence-corrected chi connectivity index (χ2v) is 6.21. The first-order valence-electron chi connectivity index (χ1n) is 5.12. The minimum Gasteiger partial charge on any atom is -0.389 e. The van der Waals surface area contributed by atoms with Gasteiger partial charge in [-0.3, -0.25) is 0 Å². The highest BCUT2D eigenvalue weighted by molar-refractivity contribution is 8.01. The van der Waals surface area contributed by atoms with E-state index < -0.39 is 5.60 Å². The van der Waals surface area contributed by atoms with E-state index in [4.69, 9.17) is 5.73 Å². The molecule has 0 atom stereocenters. The van der Waals surface area contributed by atoms with Gasteiger partial charge in [0.05, 0.1) is 5.60 Å². The van der Waals surface area contributed by atoms with Gasteiger partial charge in [0, 0.05) is 5.75 Å². The largest absolute Gasteiger partial charge is 0.389 e. The SMILES string of the molecule is Nc1nnc(SCC2(O)CCCCC2)s1. The van der Waals surface area contributed by atoms with Gasteiger partial charge in [-0.25, -0.2) is 0 Å². The molecule has 1 fully saturated rings. The Hall–Kier alpha value is -0.330. The smallest absolute Gasteiger partial charge is 0.203 e. The van der Waals surface area contributed by atoms with E-state index in [0.717, 1.165) is 30.0 Å². The van der Waals surface area contributed by atoms with Crippen molar-refractivity contribution in [1.82, 2.24) is 10.2 Å². The summed E-state index contributed by atoms with van der Waals surface area (Å²) in [7, 11) is 0. The molecule has 84 valence electrons. The van der Waals surface area contributed by atoms with Gasteiger partial charge in [-0.15, -0.1) is 10.2 Å². The minimum absolute atomic E-state index is 0.494. The molecule has 0 aromatic carbocycles. The van der Waals surface area contributed by atoms with Crippen LogP contribution in [0.2, 0.25) is 0 Å². The molecule has 1 aromatic heterocycles. The zero-order valence-electron chi connectivity index (χ0n) is 8.48. The fourth-order valence-corrected chi connectivity index (χ4v) is 3.62. The summed E-state index contributed by atoms with van der Waals surface area (Å²) in [6.07, 6.45) is 5.34. The maximum Gasteiger partial charge on any atom is 0.203 e. The fraction of sp³-hybridized carbons (Fsp3) is 0.778. The second kappa shape index (κ2) is 4.67. The lowest BCUT2D eigenvalue weighted by Gasteiger charge is -2.31. The standard InChI is InChI=1S/C9H15N3OS2/c10-7-11-12-8(15-7)14-6-9(13)4-2-1-3-5-9/h13H,1-6H2,(H2,10,11). The van der Waals surface area contributed by atoms with E-state index >= 15 is 0 Å². The molecule has 1 aliphatic carbocycles. The van der Waals surface area contributed by atoms with E-state index in [1.165, 1.54) is 17.8 Å². The summed E-state index contributed by atoms with van der Waals surface area (Å²) in [5, 5.41) is 18.4. The number of anilines is 1. The van der Waals surface area contributed by atoms with E-state index in [-0.39, 0.29) is 0 Å². The Kier molecular flexibility index (Phi) is 3.48. The molecular formula is C9H15N3OS2. The molecule has 0 bridgehead atoms. The topological polar surface area (TPSA) is 72.0 Å². The van der Waals surface area contributed by atoms with Crippen molar-refractivity contribution in [1.29, 1.82) is 0 Å². The van der Waals surface area contributed by atoms with Crippen LogP contribution in [0.15, 0.2) is 4.34 Å². The van der Waals surface area contributed by atoms with Crippen molar-refractivity contribution in [3.05, 3.63) is 0 Å². The molecule has 0 aliphatic heterocycles. The highest BCUT2D eigenvalue weighted by Crippen LogP contribution is 2.34. The summed E-state index contributed by atoms with van der Waals surface area (Å²) in [4.78, 5) is 0. The normalized spacial score (nSPS) is 20.3. The molecule has 0 radical (unpaired) electrons. The monoisotopic (exact) mass is 245 g/mol. The molecule has 0 spiro atoms. The summed E-state index contributed by atoms with van der Waals surface area (Å²) in [5.41, 5.74) is 4.99. The van der Waals surface area contributed by atoms with E-state index in [1.54, 1.807) is 11.8 Å². The number of rotatable bonds is 3. The van der Waals surface area contributed by atoms with Crippen molar-refractivity contribution in [3.8, 4) is 0 Å². The van der Waals surface area contributed by atoms with E-state index in [2.05, 4.69) is 10.2 Å². The highest BCUT2D eigenvalue weighted by atomic mass is 32.2. The summed E-state index contributed by atoms with van der Waals surface area (Å²) >= 11 is 2.94. The van der Waals surface area contributed by atoms with Crippen LogP contribution >= 0.6 is 23.1 Å².